The fourth-order valence-corrected chi connectivity index (χ4v) is 1.74. The van der Waals surface area contributed by atoms with Gasteiger partial charge in [0.15, 0.2) is 0 Å². The van der Waals surface area contributed by atoms with Gasteiger partial charge in [0.1, 0.15) is 0 Å². The maximum atomic E-state index is 12.1. The Bertz CT molecular complexity index is 591. The lowest BCUT2D eigenvalue weighted by Gasteiger charge is -2.08. The number of nitrogens with one attached hydrogen (secondary N) is 1. The van der Waals surface area contributed by atoms with Gasteiger partial charge in [-0.2, -0.15) is 0 Å². The van der Waals surface area contributed by atoms with Crippen LogP contribution in [0.4, 0.5) is 5.69 Å². The lowest BCUT2D eigenvalue weighted by molar-refractivity contribution is 0.102. The molecule has 0 saturated heterocycles. The summed E-state index contributed by atoms with van der Waals surface area (Å²) in [5.74, 6) is -0.121. The summed E-state index contributed by atoms with van der Waals surface area (Å²) in [5, 5.41) is 2.89. The largest absolute Gasteiger partial charge is 0.322 e. The summed E-state index contributed by atoms with van der Waals surface area (Å²) in [5.41, 5.74) is 4.53. The number of benzene rings is 1. The fourth-order valence-electron chi connectivity index (χ4n) is 1.74. The first-order chi connectivity index (χ1) is 8.58. The summed E-state index contributed by atoms with van der Waals surface area (Å²) in [4.78, 5) is 16.2. The summed E-state index contributed by atoms with van der Waals surface area (Å²) in [7, 11) is 0. The van der Waals surface area contributed by atoms with Gasteiger partial charge in [-0.15, -0.1) is 0 Å². The van der Waals surface area contributed by atoms with Crippen molar-refractivity contribution < 1.29 is 4.79 Å². The van der Waals surface area contributed by atoms with Crippen LogP contribution in [0.15, 0.2) is 36.5 Å². The standard InChI is InChI=1S/C15H16N2O/c1-10-6-7-13(9-11(10)2)17-15(18)14-5-4-8-16-12(14)3/h4-9H,1-3H3,(H,17,18). The van der Waals surface area contributed by atoms with Gasteiger partial charge in [0.2, 0.25) is 0 Å². The minimum absolute atomic E-state index is 0.121. The topological polar surface area (TPSA) is 42.0 Å². The lowest BCUT2D eigenvalue weighted by atomic mass is 10.1. The first-order valence-corrected chi connectivity index (χ1v) is 5.88. The first kappa shape index (κ1) is 12.3. The van der Waals surface area contributed by atoms with Gasteiger partial charge in [-0.1, -0.05) is 6.07 Å². The first-order valence-electron chi connectivity index (χ1n) is 5.88. The van der Waals surface area contributed by atoms with E-state index in [1.807, 2.05) is 39.0 Å². The summed E-state index contributed by atoms with van der Waals surface area (Å²) in [6.45, 7) is 5.90. The van der Waals surface area contributed by atoms with E-state index in [0.29, 0.717) is 5.56 Å². The Morgan fingerprint density at radius 2 is 1.89 bits per heavy atom. The Hall–Kier alpha value is -2.16. The molecule has 3 heteroatoms. The molecule has 3 nitrogen and oxygen atoms in total. The van der Waals surface area contributed by atoms with Crippen molar-refractivity contribution in [1.82, 2.24) is 4.98 Å². The molecule has 0 fully saturated rings. The summed E-state index contributed by atoms with van der Waals surface area (Å²) >= 11 is 0. The Morgan fingerprint density at radius 3 is 2.56 bits per heavy atom. The number of aryl methyl sites for hydroxylation is 3. The van der Waals surface area contributed by atoms with Crippen molar-refractivity contribution in [3.8, 4) is 0 Å². The van der Waals surface area contributed by atoms with E-state index in [0.717, 1.165) is 16.9 Å². The van der Waals surface area contributed by atoms with E-state index in [4.69, 9.17) is 0 Å². The molecule has 1 aromatic heterocycles. The molecule has 0 aliphatic carbocycles. The van der Waals surface area contributed by atoms with Gasteiger partial charge in [-0.3, -0.25) is 9.78 Å². The van der Waals surface area contributed by atoms with Gasteiger partial charge < -0.3 is 5.32 Å². The van der Waals surface area contributed by atoms with E-state index < -0.39 is 0 Å². The number of hydrogen-bond donors (Lipinski definition) is 1. The smallest absolute Gasteiger partial charge is 0.257 e. The highest BCUT2D eigenvalue weighted by molar-refractivity contribution is 6.04. The van der Waals surface area contributed by atoms with Crippen LogP contribution in [0.1, 0.15) is 27.2 Å². The van der Waals surface area contributed by atoms with Crippen molar-refractivity contribution >= 4 is 11.6 Å². The van der Waals surface area contributed by atoms with Gasteiger partial charge in [0.05, 0.1) is 5.56 Å². The molecule has 18 heavy (non-hydrogen) atoms. The summed E-state index contributed by atoms with van der Waals surface area (Å²) < 4.78 is 0. The monoisotopic (exact) mass is 240 g/mol. The molecular weight excluding hydrogens is 224 g/mol. The van der Waals surface area contributed by atoms with Crippen LogP contribution in [-0.2, 0) is 0 Å². The van der Waals surface area contributed by atoms with E-state index in [1.165, 1.54) is 5.56 Å². The van der Waals surface area contributed by atoms with E-state index in [2.05, 4.69) is 10.3 Å². The highest BCUT2D eigenvalue weighted by Gasteiger charge is 2.09. The minimum atomic E-state index is -0.121. The summed E-state index contributed by atoms with van der Waals surface area (Å²) in [6.07, 6.45) is 1.68. The summed E-state index contributed by atoms with van der Waals surface area (Å²) in [6, 6.07) is 9.42. The van der Waals surface area contributed by atoms with E-state index in [-0.39, 0.29) is 5.91 Å². The van der Waals surface area contributed by atoms with E-state index in [9.17, 15) is 4.79 Å². The third-order valence-corrected chi connectivity index (χ3v) is 3.02. The van der Waals surface area contributed by atoms with Crippen molar-refractivity contribution in [1.29, 1.82) is 0 Å². The number of aromatic nitrogens is 1. The van der Waals surface area contributed by atoms with E-state index in [1.54, 1.807) is 18.3 Å². The number of carbonyl (C=O) groups excluding carboxylic acids is 1. The van der Waals surface area contributed by atoms with Gasteiger partial charge in [-0.25, -0.2) is 0 Å². The molecule has 1 heterocycles. The molecule has 1 N–H and O–H groups in total. The van der Waals surface area contributed by atoms with Crippen molar-refractivity contribution in [2.45, 2.75) is 20.8 Å². The zero-order chi connectivity index (χ0) is 13.1. The molecular formula is C15H16N2O. The lowest BCUT2D eigenvalue weighted by Crippen LogP contribution is -2.14. The number of anilines is 1. The third-order valence-electron chi connectivity index (χ3n) is 3.02. The Balaban J connectivity index is 2.22. The van der Waals surface area contributed by atoms with Crippen LogP contribution in [0.25, 0.3) is 0 Å². The molecule has 0 bridgehead atoms. The molecule has 2 aromatic rings. The molecule has 0 aliphatic heterocycles. The van der Waals surface area contributed by atoms with Crippen LogP contribution in [-0.4, -0.2) is 10.9 Å². The van der Waals surface area contributed by atoms with Crippen LogP contribution >= 0.6 is 0 Å². The maximum Gasteiger partial charge on any atom is 0.257 e. The second kappa shape index (κ2) is 5.00. The van der Waals surface area contributed by atoms with Crippen LogP contribution in [0.5, 0.6) is 0 Å². The van der Waals surface area contributed by atoms with Crippen LogP contribution in [0.3, 0.4) is 0 Å². The molecule has 0 atom stereocenters. The highest BCUT2D eigenvalue weighted by Crippen LogP contribution is 2.15. The number of pyridine rings is 1. The van der Waals surface area contributed by atoms with Gasteiger partial charge in [0, 0.05) is 17.6 Å². The molecule has 0 radical (unpaired) electrons. The molecule has 0 spiro atoms. The Morgan fingerprint density at radius 1 is 1.11 bits per heavy atom. The third kappa shape index (κ3) is 2.56. The molecule has 2 rings (SSSR count). The van der Waals surface area contributed by atoms with Crippen LogP contribution < -0.4 is 5.32 Å². The van der Waals surface area contributed by atoms with Gasteiger partial charge in [0.25, 0.3) is 5.91 Å². The van der Waals surface area contributed by atoms with E-state index >= 15 is 0 Å². The number of carbonyl (C=O) groups is 1. The molecule has 0 saturated carbocycles. The normalized spacial score (nSPS) is 10.2. The zero-order valence-corrected chi connectivity index (χ0v) is 10.8. The number of hydrogen-bond acceptors (Lipinski definition) is 2. The van der Waals surface area contributed by atoms with Crippen LogP contribution in [0, 0.1) is 20.8 Å². The zero-order valence-electron chi connectivity index (χ0n) is 10.8. The quantitative estimate of drug-likeness (QED) is 0.875. The second-order valence-corrected chi connectivity index (χ2v) is 4.39. The average molecular weight is 240 g/mol. The van der Waals surface area contributed by atoms with Gasteiger partial charge in [-0.05, 0) is 56.2 Å². The second-order valence-electron chi connectivity index (χ2n) is 4.39. The number of amides is 1. The van der Waals surface area contributed by atoms with Gasteiger partial charge >= 0.3 is 0 Å². The minimum Gasteiger partial charge on any atom is -0.322 e. The Kier molecular flexibility index (Phi) is 3.42. The van der Waals surface area contributed by atoms with Crippen molar-refractivity contribution in [3.63, 3.8) is 0 Å². The SMILES string of the molecule is Cc1ccc(NC(=O)c2cccnc2C)cc1C. The number of rotatable bonds is 2. The average Bonchev–Trinajstić information content (AvgIpc) is 2.34. The van der Waals surface area contributed by atoms with Crippen molar-refractivity contribution in [3.05, 3.63) is 58.9 Å². The number of nitrogens with zero attached hydrogens (tertiary/aromatic N) is 1. The molecule has 0 aliphatic rings. The fraction of sp³-hybridized carbons (Fsp3) is 0.200. The molecule has 1 aromatic carbocycles. The van der Waals surface area contributed by atoms with Crippen LogP contribution in [0.2, 0.25) is 0 Å². The van der Waals surface area contributed by atoms with Crippen molar-refractivity contribution in [2.75, 3.05) is 5.32 Å². The predicted molar refractivity (Wildman–Crippen MR) is 72.8 cm³/mol. The van der Waals surface area contributed by atoms with Crippen molar-refractivity contribution in [2.24, 2.45) is 0 Å². The Labute approximate surface area is 107 Å². The molecule has 1 amide bonds. The molecule has 0 unspecified atom stereocenters. The predicted octanol–water partition coefficient (Wildman–Crippen LogP) is 3.26. The molecule has 92 valence electrons. The maximum absolute atomic E-state index is 12.1. The highest BCUT2D eigenvalue weighted by atomic mass is 16.1.